The zero-order chi connectivity index (χ0) is 7.56. The Bertz CT molecular complexity index is 288. The van der Waals surface area contributed by atoms with E-state index in [1.807, 2.05) is 6.92 Å². The largest absolute Gasteiger partial charge is 0.360 e. The summed E-state index contributed by atoms with van der Waals surface area (Å²) in [5.74, 6) is 0.382. The van der Waals surface area contributed by atoms with Crippen LogP contribution in [0.4, 0.5) is 5.82 Å². The van der Waals surface area contributed by atoms with Crippen molar-refractivity contribution in [3.05, 3.63) is 34.3 Å². The van der Waals surface area contributed by atoms with Crippen molar-refractivity contribution < 1.29 is 0 Å². The second-order valence-corrected chi connectivity index (χ2v) is 2.27. The molecule has 1 rings (SSSR count). The van der Waals surface area contributed by atoms with Crippen LogP contribution in [0.5, 0.6) is 0 Å². The summed E-state index contributed by atoms with van der Waals surface area (Å²) in [5.41, 5.74) is 0.861. The van der Waals surface area contributed by atoms with Crippen molar-refractivity contribution in [2.45, 2.75) is 6.92 Å². The third kappa shape index (κ3) is 1.26. The predicted octanol–water partition coefficient (Wildman–Crippen LogP) is 2.59. The first-order valence-electron chi connectivity index (χ1n) is 2.74. The van der Waals surface area contributed by atoms with Crippen LogP contribution in [0.25, 0.3) is 4.85 Å². The van der Waals surface area contributed by atoms with Crippen LogP contribution in [-0.4, -0.2) is 4.98 Å². The fourth-order valence-electron chi connectivity index (χ4n) is 0.608. The maximum absolute atomic E-state index is 6.69. The Hall–Kier alpha value is -1.07. The molecule has 0 bridgehead atoms. The van der Waals surface area contributed by atoms with Crippen molar-refractivity contribution >= 4 is 17.4 Å². The van der Waals surface area contributed by atoms with Gasteiger partial charge in [-0.25, -0.2) is 0 Å². The van der Waals surface area contributed by atoms with E-state index in [0.29, 0.717) is 11.0 Å². The standard InChI is InChI=1S/C7H5ClN2/c1-5-3-4-6(8)10-7(5)9-2/h3-4H,1H3. The van der Waals surface area contributed by atoms with E-state index >= 15 is 0 Å². The molecule has 0 spiro atoms. The highest BCUT2D eigenvalue weighted by Gasteiger charge is 1.99. The molecule has 50 valence electrons. The summed E-state index contributed by atoms with van der Waals surface area (Å²) in [6.45, 7) is 8.52. The van der Waals surface area contributed by atoms with E-state index in [9.17, 15) is 0 Å². The van der Waals surface area contributed by atoms with Crippen molar-refractivity contribution in [2.24, 2.45) is 0 Å². The van der Waals surface area contributed by atoms with Gasteiger partial charge in [0.2, 0.25) is 5.15 Å². The molecule has 0 saturated carbocycles. The van der Waals surface area contributed by atoms with Gasteiger partial charge in [-0.05, 0) is 30.2 Å². The zero-order valence-electron chi connectivity index (χ0n) is 5.43. The maximum atomic E-state index is 6.69. The molecule has 0 aliphatic heterocycles. The van der Waals surface area contributed by atoms with Gasteiger partial charge in [0.25, 0.3) is 5.82 Å². The average molecular weight is 153 g/mol. The second-order valence-electron chi connectivity index (χ2n) is 1.89. The molecule has 0 fully saturated rings. The van der Waals surface area contributed by atoms with Crippen molar-refractivity contribution in [3.63, 3.8) is 0 Å². The van der Waals surface area contributed by atoms with E-state index in [2.05, 4.69) is 9.83 Å². The minimum absolute atomic E-state index is 0.372. The van der Waals surface area contributed by atoms with Gasteiger partial charge in [0, 0.05) is 0 Å². The van der Waals surface area contributed by atoms with Crippen LogP contribution in [0.1, 0.15) is 5.56 Å². The monoisotopic (exact) mass is 152 g/mol. The quantitative estimate of drug-likeness (QED) is 0.413. The molecule has 1 aromatic heterocycles. The van der Waals surface area contributed by atoms with Crippen LogP contribution in [0.3, 0.4) is 0 Å². The Kier molecular flexibility index (Phi) is 1.88. The SMILES string of the molecule is [C-]#[N+]c1nc(Cl)ccc1C. The van der Waals surface area contributed by atoms with Crippen LogP contribution in [0.2, 0.25) is 5.15 Å². The molecule has 1 heterocycles. The summed E-state index contributed by atoms with van der Waals surface area (Å²) >= 11 is 5.54. The third-order valence-corrected chi connectivity index (χ3v) is 1.35. The van der Waals surface area contributed by atoms with Crippen LogP contribution in [-0.2, 0) is 0 Å². The van der Waals surface area contributed by atoms with Gasteiger partial charge in [-0.15, -0.1) is 4.98 Å². The summed E-state index contributed by atoms with van der Waals surface area (Å²) in [5, 5.41) is 0.372. The van der Waals surface area contributed by atoms with Crippen LogP contribution < -0.4 is 0 Å². The van der Waals surface area contributed by atoms with Crippen molar-refractivity contribution in [2.75, 3.05) is 0 Å². The van der Waals surface area contributed by atoms with Gasteiger partial charge in [0.15, 0.2) is 0 Å². The van der Waals surface area contributed by atoms with Gasteiger partial charge in [0.1, 0.15) is 0 Å². The Balaban J connectivity index is 3.25. The molecule has 3 heteroatoms. The van der Waals surface area contributed by atoms with Crippen LogP contribution in [0.15, 0.2) is 12.1 Å². The lowest BCUT2D eigenvalue weighted by Gasteiger charge is -1.92. The molecular formula is C7H5ClN2. The van der Waals surface area contributed by atoms with E-state index in [0.717, 1.165) is 5.56 Å². The molecule has 0 unspecified atom stereocenters. The molecule has 0 aromatic carbocycles. The minimum atomic E-state index is 0.372. The average Bonchev–Trinajstić information content (AvgIpc) is 1.94. The van der Waals surface area contributed by atoms with E-state index in [-0.39, 0.29) is 0 Å². The van der Waals surface area contributed by atoms with E-state index in [1.54, 1.807) is 12.1 Å². The number of pyridine rings is 1. The van der Waals surface area contributed by atoms with Crippen molar-refractivity contribution in [1.82, 2.24) is 4.98 Å². The first-order chi connectivity index (χ1) is 4.74. The van der Waals surface area contributed by atoms with Gasteiger partial charge in [-0.2, -0.15) is 0 Å². The molecule has 0 N–H and O–H groups in total. The minimum Gasteiger partial charge on any atom is -0.360 e. The Morgan fingerprint density at radius 2 is 2.30 bits per heavy atom. The fraction of sp³-hybridized carbons (Fsp3) is 0.143. The Morgan fingerprint density at radius 3 is 2.80 bits per heavy atom. The lowest BCUT2D eigenvalue weighted by molar-refractivity contribution is 1.30. The molecule has 0 radical (unpaired) electrons. The highest BCUT2D eigenvalue weighted by molar-refractivity contribution is 6.29. The van der Waals surface area contributed by atoms with Gasteiger partial charge in [-0.3, -0.25) is 0 Å². The topological polar surface area (TPSA) is 17.2 Å². The number of aryl methyl sites for hydroxylation is 1. The van der Waals surface area contributed by atoms with Gasteiger partial charge < -0.3 is 4.85 Å². The molecular weight excluding hydrogens is 148 g/mol. The maximum Gasteiger partial charge on any atom is 0.274 e. The Morgan fingerprint density at radius 1 is 1.60 bits per heavy atom. The summed E-state index contributed by atoms with van der Waals surface area (Å²) in [6.07, 6.45) is 0. The smallest absolute Gasteiger partial charge is 0.274 e. The molecule has 0 aliphatic rings. The number of halogens is 1. The molecule has 0 saturated heterocycles. The molecule has 0 aliphatic carbocycles. The zero-order valence-corrected chi connectivity index (χ0v) is 6.18. The van der Waals surface area contributed by atoms with E-state index in [1.165, 1.54) is 0 Å². The van der Waals surface area contributed by atoms with Gasteiger partial charge in [0.05, 0.1) is 0 Å². The molecule has 0 atom stereocenters. The lowest BCUT2D eigenvalue weighted by atomic mass is 10.3. The highest BCUT2D eigenvalue weighted by atomic mass is 35.5. The van der Waals surface area contributed by atoms with Crippen LogP contribution >= 0.6 is 11.6 Å². The molecule has 2 nitrogen and oxygen atoms in total. The molecule has 0 amide bonds. The first-order valence-corrected chi connectivity index (χ1v) is 3.12. The summed E-state index contributed by atoms with van der Waals surface area (Å²) < 4.78 is 0. The number of rotatable bonds is 0. The predicted molar refractivity (Wildman–Crippen MR) is 40.2 cm³/mol. The number of aromatic nitrogens is 1. The van der Waals surface area contributed by atoms with Crippen molar-refractivity contribution in [1.29, 1.82) is 0 Å². The van der Waals surface area contributed by atoms with Gasteiger partial charge in [-0.1, -0.05) is 12.6 Å². The third-order valence-electron chi connectivity index (χ3n) is 1.14. The van der Waals surface area contributed by atoms with Gasteiger partial charge >= 0.3 is 0 Å². The van der Waals surface area contributed by atoms with E-state index < -0.39 is 0 Å². The van der Waals surface area contributed by atoms with Crippen molar-refractivity contribution in [3.8, 4) is 0 Å². The normalized spacial score (nSPS) is 8.90. The number of hydrogen-bond acceptors (Lipinski definition) is 1. The molecule has 10 heavy (non-hydrogen) atoms. The molecule has 1 aromatic rings. The van der Waals surface area contributed by atoms with Crippen LogP contribution in [0, 0.1) is 13.5 Å². The van der Waals surface area contributed by atoms with E-state index in [4.69, 9.17) is 18.2 Å². The fourth-order valence-corrected chi connectivity index (χ4v) is 0.751. The highest BCUT2D eigenvalue weighted by Crippen LogP contribution is 2.17. The summed E-state index contributed by atoms with van der Waals surface area (Å²) in [7, 11) is 0. The summed E-state index contributed by atoms with van der Waals surface area (Å²) in [6, 6.07) is 3.45. The number of nitrogens with zero attached hydrogens (tertiary/aromatic N) is 2. The second kappa shape index (κ2) is 2.68. The lowest BCUT2D eigenvalue weighted by Crippen LogP contribution is -1.77. The first kappa shape index (κ1) is 7.04. The number of hydrogen-bond donors (Lipinski definition) is 0. The summed E-state index contributed by atoms with van der Waals surface area (Å²) in [4.78, 5) is 6.99. The Labute approximate surface area is 64.3 Å².